The van der Waals surface area contributed by atoms with Crippen molar-refractivity contribution >= 4 is 11.8 Å². The quantitative estimate of drug-likeness (QED) is 0.672. The summed E-state index contributed by atoms with van der Waals surface area (Å²) in [6.07, 6.45) is 1.86. The van der Waals surface area contributed by atoms with Gasteiger partial charge in [-0.1, -0.05) is 48.0 Å². The van der Waals surface area contributed by atoms with Crippen LogP contribution in [-0.2, 0) is 37.6 Å². The number of amides is 2. The highest BCUT2D eigenvalue weighted by Crippen LogP contribution is 2.23. The first-order valence-electron chi connectivity index (χ1n) is 10.7. The molecule has 1 aliphatic heterocycles. The van der Waals surface area contributed by atoms with Gasteiger partial charge < -0.3 is 10.2 Å². The van der Waals surface area contributed by atoms with E-state index in [1.54, 1.807) is 12.1 Å². The summed E-state index contributed by atoms with van der Waals surface area (Å²) >= 11 is 0. The molecule has 6 nitrogen and oxygen atoms in total. The Morgan fingerprint density at radius 1 is 1.06 bits per heavy atom. The molecule has 3 aromatic rings. The molecule has 0 atom stereocenters. The maximum absolute atomic E-state index is 12.9. The molecule has 0 bridgehead atoms. The molecule has 0 unspecified atom stereocenters. The molecule has 1 N–H and O–H groups in total. The second-order valence-corrected chi connectivity index (χ2v) is 8.10. The highest BCUT2D eigenvalue weighted by atomic mass is 16.2. The van der Waals surface area contributed by atoms with E-state index >= 15 is 0 Å². The SMILES string of the molecule is Cc1ccc(CC(=O)N2CCc3c(c(CCNC(=O)c4ccccc4)nn3C)C2)cc1. The van der Waals surface area contributed by atoms with E-state index in [9.17, 15) is 9.59 Å². The molecular formula is C25H28N4O2. The molecule has 31 heavy (non-hydrogen) atoms. The zero-order valence-electron chi connectivity index (χ0n) is 18.1. The van der Waals surface area contributed by atoms with Crippen molar-refractivity contribution in [3.63, 3.8) is 0 Å². The van der Waals surface area contributed by atoms with Gasteiger partial charge in [-0.3, -0.25) is 14.3 Å². The van der Waals surface area contributed by atoms with E-state index in [1.165, 1.54) is 11.3 Å². The molecule has 0 aliphatic carbocycles. The number of carbonyl (C=O) groups is 2. The van der Waals surface area contributed by atoms with Crippen molar-refractivity contribution in [2.75, 3.05) is 13.1 Å². The molecule has 0 spiro atoms. The summed E-state index contributed by atoms with van der Waals surface area (Å²) in [5.41, 5.74) is 6.15. The fraction of sp³-hybridized carbons (Fsp3) is 0.320. The van der Waals surface area contributed by atoms with Crippen LogP contribution in [0.2, 0.25) is 0 Å². The second-order valence-electron chi connectivity index (χ2n) is 8.10. The van der Waals surface area contributed by atoms with Crippen LogP contribution < -0.4 is 5.32 Å². The molecule has 160 valence electrons. The van der Waals surface area contributed by atoms with Crippen LogP contribution in [0.4, 0.5) is 0 Å². The average molecular weight is 417 g/mol. The van der Waals surface area contributed by atoms with Gasteiger partial charge in [0.05, 0.1) is 12.1 Å². The third-order valence-electron chi connectivity index (χ3n) is 5.84. The highest BCUT2D eigenvalue weighted by molar-refractivity contribution is 5.94. The topological polar surface area (TPSA) is 67.2 Å². The lowest BCUT2D eigenvalue weighted by atomic mass is 10.0. The van der Waals surface area contributed by atoms with Gasteiger partial charge in [-0.25, -0.2) is 0 Å². The first-order valence-corrected chi connectivity index (χ1v) is 10.7. The maximum atomic E-state index is 12.9. The Hall–Kier alpha value is -3.41. The van der Waals surface area contributed by atoms with Crippen LogP contribution in [-0.4, -0.2) is 39.6 Å². The monoisotopic (exact) mass is 416 g/mol. The van der Waals surface area contributed by atoms with E-state index in [-0.39, 0.29) is 11.8 Å². The van der Waals surface area contributed by atoms with E-state index in [2.05, 4.69) is 10.4 Å². The molecular weight excluding hydrogens is 388 g/mol. The average Bonchev–Trinajstić information content (AvgIpc) is 3.10. The van der Waals surface area contributed by atoms with Gasteiger partial charge in [0.2, 0.25) is 5.91 Å². The number of nitrogens with zero attached hydrogens (tertiary/aromatic N) is 3. The summed E-state index contributed by atoms with van der Waals surface area (Å²) in [5, 5.41) is 7.64. The van der Waals surface area contributed by atoms with E-state index in [1.807, 2.05) is 66.0 Å². The third kappa shape index (κ3) is 4.85. The van der Waals surface area contributed by atoms with E-state index in [0.717, 1.165) is 23.2 Å². The minimum Gasteiger partial charge on any atom is -0.352 e. The normalized spacial score (nSPS) is 13.0. The van der Waals surface area contributed by atoms with Crippen molar-refractivity contribution in [3.8, 4) is 0 Å². The van der Waals surface area contributed by atoms with Gasteiger partial charge in [0.25, 0.3) is 5.91 Å². The Balaban J connectivity index is 1.38. The summed E-state index contributed by atoms with van der Waals surface area (Å²) in [4.78, 5) is 27.1. The summed E-state index contributed by atoms with van der Waals surface area (Å²) in [6, 6.07) is 17.3. The van der Waals surface area contributed by atoms with Crippen LogP contribution in [0.25, 0.3) is 0 Å². The molecule has 2 aromatic carbocycles. The third-order valence-corrected chi connectivity index (χ3v) is 5.84. The van der Waals surface area contributed by atoms with Crippen molar-refractivity contribution in [1.82, 2.24) is 20.0 Å². The van der Waals surface area contributed by atoms with Gasteiger partial charge in [-0.15, -0.1) is 0 Å². The minimum absolute atomic E-state index is 0.0831. The molecule has 6 heteroatoms. The Morgan fingerprint density at radius 2 is 1.81 bits per heavy atom. The lowest BCUT2D eigenvalue weighted by molar-refractivity contribution is -0.131. The molecule has 0 saturated carbocycles. The zero-order valence-corrected chi connectivity index (χ0v) is 18.1. The van der Waals surface area contributed by atoms with Crippen molar-refractivity contribution in [2.24, 2.45) is 7.05 Å². The van der Waals surface area contributed by atoms with Gasteiger partial charge in [-0.05, 0) is 24.6 Å². The molecule has 2 heterocycles. The number of hydrogen-bond donors (Lipinski definition) is 1. The summed E-state index contributed by atoms with van der Waals surface area (Å²) in [7, 11) is 1.95. The number of fused-ring (bicyclic) bond motifs is 1. The lowest BCUT2D eigenvalue weighted by Gasteiger charge is -2.28. The highest BCUT2D eigenvalue weighted by Gasteiger charge is 2.26. The zero-order chi connectivity index (χ0) is 21.8. The van der Waals surface area contributed by atoms with E-state index in [0.29, 0.717) is 38.0 Å². The van der Waals surface area contributed by atoms with Gasteiger partial charge >= 0.3 is 0 Å². The number of nitrogens with one attached hydrogen (secondary N) is 1. The number of benzene rings is 2. The number of rotatable bonds is 6. The van der Waals surface area contributed by atoms with Crippen molar-refractivity contribution < 1.29 is 9.59 Å². The van der Waals surface area contributed by atoms with Crippen molar-refractivity contribution in [1.29, 1.82) is 0 Å². The van der Waals surface area contributed by atoms with E-state index < -0.39 is 0 Å². The molecule has 1 aliphatic rings. The van der Waals surface area contributed by atoms with Crippen LogP contribution in [0.15, 0.2) is 54.6 Å². The van der Waals surface area contributed by atoms with Crippen LogP contribution in [0.5, 0.6) is 0 Å². The first-order chi connectivity index (χ1) is 15.0. The largest absolute Gasteiger partial charge is 0.352 e. The fourth-order valence-corrected chi connectivity index (χ4v) is 4.06. The Bertz CT molecular complexity index is 1070. The maximum Gasteiger partial charge on any atom is 0.251 e. The number of carbonyl (C=O) groups excluding carboxylic acids is 2. The van der Waals surface area contributed by atoms with Gasteiger partial charge in [0, 0.05) is 56.3 Å². The Kier molecular flexibility index (Phi) is 6.16. The molecule has 0 saturated heterocycles. The Labute approximate surface area is 182 Å². The van der Waals surface area contributed by atoms with Crippen LogP contribution in [0.3, 0.4) is 0 Å². The number of aromatic nitrogens is 2. The Morgan fingerprint density at radius 3 is 2.55 bits per heavy atom. The van der Waals surface area contributed by atoms with Crippen LogP contribution in [0, 0.1) is 6.92 Å². The van der Waals surface area contributed by atoms with Crippen molar-refractivity contribution in [2.45, 2.75) is 32.7 Å². The summed E-state index contributed by atoms with van der Waals surface area (Å²) in [5.74, 6) is 0.0574. The lowest BCUT2D eigenvalue weighted by Crippen LogP contribution is -2.37. The summed E-state index contributed by atoms with van der Waals surface area (Å²) in [6.45, 7) is 3.84. The van der Waals surface area contributed by atoms with Gasteiger partial charge in [-0.2, -0.15) is 5.10 Å². The van der Waals surface area contributed by atoms with Crippen LogP contribution >= 0.6 is 0 Å². The van der Waals surface area contributed by atoms with Gasteiger partial charge in [0.15, 0.2) is 0 Å². The fourth-order valence-electron chi connectivity index (χ4n) is 4.06. The van der Waals surface area contributed by atoms with Crippen LogP contribution in [0.1, 0.15) is 38.4 Å². The standard InChI is InChI=1S/C25H28N4O2/c1-18-8-10-19(11-9-18)16-24(30)29-15-13-23-21(17-29)22(27-28(23)2)12-14-26-25(31)20-6-4-3-5-7-20/h3-11H,12-17H2,1-2H3,(H,26,31). The predicted octanol–water partition coefficient (Wildman–Crippen LogP) is 2.83. The molecule has 1 aromatic heterocycles. The minimum atomic E-state index is -0.0831. The van der Waals surface area contributed by atoms with Gasteiger partial charge in [0.1, 0.15) is 0 Å². The smallest absolute Gasteiger partial charge is 0.251 e. The number of aryl methyl sites for hydroxylation is 2. The van der Waals surface area contributed by atoms with E-state index in [4.69, 9.17) is 0 Å². The molecule has 4 rings (SSSR count). The number of hydrogen-bond acceptors (Lipinski definition) is 3. The predicted molar refractivity (Wildman–Crippen MR) is 120 cm³/mol. The molecule has 2 amide bonds. The molecule has 0 radical (unpaired) electrons. The van der Waals surface area contributed by atoms with Crippen molar-refractivity contribution in [3.05, 3.63) is 88.2 Å². The molecule has 0 fully saturated rings. The first kappa shape index (κ1) is 20.8. The summed E-state index contributed by atoms with van der Waals surface area (Å²) < 4.78 is 1.92. The second kappa shape index (κ2) is 9.16.